The van der Waals surface area contributed by atoms with E-state index < -0.39 is 11.8 Å². The lowest BCUT2D eigenvalue weighted by Crippen LogP contribution is -2.51. The van der Waals surface area contributed by atoms with Crippen LogP contribution >= 0.6 is 28.1 Å². The molecule has 0 saturated carbocycles. The van der Waals surface area contributed by atoms with Crippen LogP contribution in [0.1, 0.15) is 11.1 Å². The third kappa shape index (κ3) is 5.47. The summed E-state index contributed by atoms with van der Waals surface area (Å²) in [5, 5.41) is 7.49. The number of para-hydroxylation sites is 1. The Bertz CT molecular complexity index is 1090. The van der Waals surface area contributed by atoms with E-state index in [1.54, 1.807) is 18.2 Å². The van der Waals surface area contributed by atoms with Crippen molar-refractivity contribution in [3.63, 3.8) is 0 Å². The molecule has 1 saturated heterocycles. The van der Waals surface area contributed by atoms with E-state index in [0.29, 0.717) is 27.2 Å². The first-order chi connectivity index (χ1) is 14.8. The zero-order valence-electron chi connectivity index (χ0n) is 16.6. The zero-order chi connectivity index (χ0) is 22.5. The average Bonchev–Trinajstić information content (AvgIpc) is 2.71. The maximum Gasteiger partial charge on any atom is 0.263 e. The minimum absolute atomic E-state index is 0.0429. The third-order valence-corrected chi connectivity index (χ3v) is 5.07. The largest absolute Gasteiger partial charge is 0.493 e. The van der Waals surface area contributed by atoms with Crippen molar-refractivity contribution < 1.29 is 23.9 Å². The van der Waals surface area contributed by atoms with E-state index >= 15 is 0 Å². The van der Waals surface area contributed by atoms with E-state index in [0.717, 1.165) is 5.56 Å². The van der Waals surface area contributed by atoms with Gasteiger partial charge in [-0.2, -0.15) is 0 Å². The molecule has 10 heteroatoms. The molecule has 3 N–H and O–H groups in total. The standard InChI is InChI=1S/C21H18BrN3O5S/c1-11-5-3-4-6-15(11)23-17(26)10-30-18-14(22)8-12(9-16(18)29-2)7-13-19(27)24-21(31)25-20(13)28/h3-9H,10H2,1-2H3,(H,23,26)(H2,24,25,27,28,31). The summed E-state index contributed by atoms with van der Waals surface area (Å²) < 4.78 is 11.5. The van der Waals surface area contributed by atoms with Crippen molar-refractivity contribution in [1.82, 2.24) is 10.6 Å². The lowest BCUT2D eigenvalue weighted by atomic mass is 10.1. The minimum atomic E-state index is -0.600. The number of hydrogen-bond acceptors (Lipinski definition) is 6. The Morgan fingerprint density at radius 3 is 2.52 bits per heavy atom. The van der Waals surface area contributed by atoms with Gasteiger partial charge in [0.15, 0.2) is 23.2 Å². The Kier molecular flexibility index (Phi) is 7.03. The number of thiocarbonyl (C=S) groups is 1. The van der Waals surface area contributed by atoms with Crippen LogP contribution in [0.25, 0.3) is 6.08 Å². The van der Waals surface area contributed by atoms with Crippen LogP contribution in [0.2, 0.25) is 0 Å². The Hall–Kier alpha value is -3.24. The highest BCUT2D eigenvalue weighted by atomic mass is 79.9. The molecule has 1 fully saturated rings. The van der Waals surface area contributed by atoms with Crippen LogP contribution in [-0.2, 0) is 14.4 Å². The van der Waals surface area contributed by atoms with Crippen molar-refractivity contribution in [2.24, 2.45) is 0 Å². The number of amides is 3. The van der Waals surface area contributed by atoms with E-state index in [4.69, 9.17) is 21.7 Å². The van der Waals surface area contributed by atoms with E-state index in [-0.39, 0.29) is 23.2 Å². The molecule has 0 spiro atoms. The molecule has 0 bridgehead atoms. The summed E-state index contributed by atoms with van der Waals surface area (Å²) in [6, 6.07) is 10.6. The molecular weight excluding hydrogens is 486 g/mol. The monoisotopic (exact) mass is 503 g/mol. The average molecular weight is 504 g/mol. The number of benzene rings is 2. The predicted molar refractivity (Wildman–Crippen MR) is 123 cm³/mol. The summed E-state index contributed by atoms with van der Waals surface area (Å²) in [6.07, 6.45) is 1.40. The molecule has 0 aromatic heterocycles. The normalized spacial score (nSPS) is 13.3. The van der Waals surface area contributed by atoms with E-state index in [9.17, 15) is 14.4 Å². The maximum absolute atomic E-state index is 12.3. The molecule has 2 aromatic rings. The van der Waals surface area contributed by atoms with Crippen LogP contribution < -0.4 is 25.4 Å². The van der Waals surface area contributed by atoms with E-state index in [2.05, 4.69) is 31.9 Å². The van der Waals surface area contributed by atoms with Gasteiger partial charge in [0.05, 0.1) is 11.6 Å². The number of carbonyl (C=O) groups is 3. The number of methoxy groups -OCH3 is 1. The molecule has 1 aliphatic rings. The predicted octanol–water partition coefficient (Wildman–Crippen LogP) is 2.70. The van der Waals surface area contributed by atoms with Crippen LogP contribution in [-0.4, -0.2) is 36.6 Å². The SMILES string of the molecule is COc1cc(C=C2C(=O)NC(=S)NC2=O)cc(Br)c1OCC(=O)Nc1ccccc1C. The Morgan fingerprint density at radius 1 is 1.19 bits per heavy atom. The molecule has 3 amide bonds. The first kappa shape index (κ1) is 22.4. The van der Waals surface area contributed by atoms with Gasteiger partial charge in [-0.1, -0.05) is 18.2 Å². The summed E-state index contributed by atoms with van der Waals surface area (Å²) in [5.41, 5.74) is 2.04. The van der Waals surface area contributed by atoms with Crippen molar-refractivity contribution in [2.75, 3.05) is 19.0 Å². The number of aryl methyl sites for hydroxylation is 1. The summed E-state index contributed by atoms with van der Waals surface area (Å²) in [6.45, 7) is 1.65. The number of ether oxygens (including phenoxy) is 2. The summed E-state index contributed by atoms with van der Waals surface area (Å²) in [5.74, 6) is -0.907. The van der Waals surface area contributed by atoms with Crippen molar-refractivity contribution in [1.29, 1.82) is 0 Å². The molecular formula is C21H18BrN3O5S. The van der Waals surface area contributed by atoms with Crippen LogP contribution in [0, 0.1) is 6.92 Å². The molecule has 31 heavy (non-hydrogen) atoms. The van der Waals surface area contributed by atoms with E-state index in [1.807, 2.05) is 25.1 Å². The topological polar surface area (TPSA) is 106 Å². The van der Waals surface area contributed by atoms with E-state index in [1.165, 1.54) is 13.2 Å². The van der Waals surface area contributed by atoms with Crippen LogP contribution in [0.15, 0.2) is 46.4 Å². The van der Waals surface area contributed by atoms with Gasteiger partial charge in [0.1, 0.15) is 5.57 Å². The summed E-state index contributed by atoms with van der Waals surface area (Å²) in [4.78, 5) is 36.4. The number of anilines is 1. The zero-order valence-corrected chi connectivity index (χ0v) is 19.0. The molecule has 3 rings (SSSR count). The molecule has 8 nitrogen and oxygen atoms in total. The number of nitrogens with one attached hydrogen (secondary N) is 3. The number of hydrogen-bond donors (Lipinski definition) is 3. The van der Waals surface area contributed by atoms with Gasteiger partial charge in [0.25, 0.3) is 17.7 Å². The molecule has 2 aromatic carbocycles. The van der Waals surface area contributed by atoms with Gasteiger partial charge in [-0.05, 0) is 70.5 Å². The number of rotatable bonds is 6. The van der Waals surface area contributed by atoms with Crippen LogP contribution in [0.3, 0.4) is 0 Å². The molecule has 0 unspecified atom stereocenters. The molecule has 1 heterocycles. The van der Waals surface area contributed by atoms with Crippen molar-refractivity contribution in [2.45, 2.75) is 6.92 Å². The second-order valence-corrected chi connectivity index (χ2v) is 7.74. The quantitative estimate of drug-likeness (QED) is 0.318. The van der Waals surface area contributed by atoms with Gasteiger partial charge in [-0.3, -0.25) is 25.0 Å². The summed E-state index contributed by atoms with van der Waals surface area (Å²) in [7, 11) is 1.44. The highest BCUT2D eigenvalue weighted by Gasteiger charge is 2.26. The second kappa shape index (κ2) is 9.71. The van der Waals surface area contributed by atoms with Gasteiger partial charge >= 0.3 is 0 Å². The highest BCUT2D eigenvalue weighted by Crippen LogP contribution is 2.37. The Labute approximate surface area is 192 Å². The molecule has 160 valence electrons. The van der Waals surface area contributed by atoms with Crippen LogP contribution in [0.5, 0.6) is 11.5 Å². The second-order valence-electron chi connectivity index (χ2n) is 6.48. The van der Waals surface area contributed by atoms with Gasteiger partial charge < -0.3 is 14.8 Å². The smallest absolute Gasteiger partial charge is 0.263 e. The number of carbonyl (C=O) groups excluding carboxylic acids is 3. The first-order valence-electron chi connectivity index (χ1n) is 9.02. The third-order valence-electron chi connectivity index (χ3n) is 4.27. The van der Waals surface area contributed by atoms with Gasteiger partial charge in [-0.15, -0.1) is 0 Å². The lowest BCUT2D eigenvalue weighted by Gasteiger charge is -2.17. The maximum atomic E-state index is 12.3. The Balaban J connectivity index is 1.77. The molecule has 0 radical (unpaired) electrons. The fourth-order valence-corrected chi connectivity index (χ4v) is 3.53. The minimum Gasteiger partial charge on any atom is -0.493 e. The fraction of sp³-hybridized carbons (Fsp3) is 0.143. The van der Waals surface area contributed by atoms with Crippen LogP contribution in [0.4, 0.5) is 5.69 Å². The summed E-state index contributed by atoms with van der Waals surface area (Å²) >= 11 is 8.17. The fourth-order valence-electron chi connectivity index (χ4n) is 2.77. The van der Waals surface area contributed by atoms with Gasteiger partial charge in [0.2, 0.25) is 0 Å². The lowest BCUT2D eigenvalue weighted by molar-refractivity contribution is -0.123. The highest BCUT2D eigenvalue weighted by molar-refractivity contribution is 9.10. The van der Waals surface area contributed by atoms with Crippen molar-refractivity contribution in [3.8, 4) is 11.5 Å². The first-order valence-corrected chi connectivity index (χ1v) is 10.2. The molecule has 1 aliphatic heterocycles. The van der Waals surface area contributed by atoms with Crippen molar-refractivity contribution >= 4 is 62.7 Å². The van der Waals surface area contributed by atoms with Crippen molar-refractivity contribution in [3.05, 3.63) is 57.6 Å². The number of halogens is 1. The molecule has 0 atom stereocenters. The van der Waals surface area contributed by atoms with Gasteiger partial charge in [0, 0.05) is 5.69 Å². The van der Waals surface area contributed by atoms with Gasteiger partial charge in [-0.25, -0.2) is 0 Å². The molecule has 0 aliphatic carbocycles. The Morgan fingerprint density at radius 2 is 1.87 bits per heavy atom.